The van der Waals surface area contributed by atoms with Gasteiger partial charge in [0, 0.05) is 12.1 Å². The van der Waals surface area contributed by atoms with E-state index in [0.717, 1.165) is 11.8 Å². The van der Waals surface area contributed by atoms with Crippen LogP contribution in [0.4, 0.5) is 0 Å². The lowest BCUT2D eigenvalue weighted by atomic mass is 10.0. The SMILES string of the molecule is CC(CO)c1nn2ccccc2c1C=O. The van der Waals surface area contributed by atoms with Gasteiger partial charge in [-0.15, -0.1) is 0 Å². The Morgan fingerprint density at radius 3 is 3.07 bits per heavy atom. The molecule has 2 rings (SSSR count). The molecule has 1 atom stereocenters. The van der Waals surface area contributed by atoms with Gasteiger partial charge >= 0.3 is 0 Å². The first-order valence-corrected chi connectivity index (χ1v) is 4.81. The molecule has 0 fully saturated rings. The Labute approximate surface area is 87.2 Å². The van der Waals surface area contributed by atoms with Crippen molar-refractivity contribution >= 4 is 11.8 Å². The number of rotatable bonds is 3. The summed E-state index contributed by atoms with van der Waals surface area (Å²) in [7, 11) is 0. The second kappa shape index (κ2) is 3.82. The molecule has 4 heteroatoms. The van der Waals surface area contributed by atoms with Crippen LogP contribution in [0, 0.1) is 0 Å². The van der Waals surface area contributed by atoms with Crippen LogP contribution < -0.4 is 0 Å². The normalized spacial score (nSPS) is 12.9. The smallest absolute Gasteiger partial charge is 0.154 e. The Balaban J connectivity index is 2.69. The quantitative estimate of drug-likeness (QED) is 0.765. The van der Waals surface area contributed by atoms with Crippen LogP contribution in [-0.2, 0) is 0 Å². The molecule has 0 saturated carbocycles. The highest BCUT2D eigenvalue weighted by molar-refractivity contribution is 5.87. The first kappa shape index (κ1) is 9.86. The molecule has 0 aliphatic carbocycles. The zero-order valence-corrected chi connectivity index (χ0v) is 8.42. The molecule has 15 heavy (non-hydrogen) atoms. The van der Waals surface area contributed by atoms with E-state index in [1.54, 1.807) is 10.7 Å². The number of aliphatic hydroxyl groups excluding tert-OH is 1. The van der Waals surface area contributed by atoms with E-state index in [9.17, 15) is 4.79 Å². The summed E-state index contributed by atoms with van der Waals surface area (Å²) in [6, 6.07) is 5.55. The third-order valence-corrected chi connectivity index (χ3v) is 2.47. The van der Waals surface area contributed by atoms with Crippen molar-refractivity contribution in [2.75, 3.05) is 6.61 Å². The lowest BCUT2D eigenvalue weighted by Crippen LogP contribution is -2.02. The molecule has 4 nitrogen and oxygen atoms in total. The molecule has 0 spiro atoms. The Morgan fingerprint density at radius 1 is 1.60 bits per heavy atom. The van der Waals surface area contributed by atoms with Crippen molar-refractivity contribution in [2.45, 2.75) is 12.8 Å². The maximum Gasteiger partial charge on any atom is 0.154 e. The summed E-state index contributed by atoms with van der Waals surface area (Å²) in [5, 5.41) is 13.3. The molecule has 2 aromatic heterocycles. The number of aromatic nitrogens is 2. The Morgan fingerprint density at radius 2 is 2.40 bits per heavy atom. The number of aldehydes is 1. The molecule has 1 unspecified atom stereocenters. The highest BCUT2D eigenvalue weighted by Crippen LogP contribution is 2.20. The van der Waals surface area contributed by atoms with Crippen LogP contribution in [0.3, 0.4) is 0 Å². The van der Waals surface area contributed by atoms with Gasteiger partial charge in [0.15, 0.2) is 6.29 Å². The van der Waals surface area contributed by atoms with E-state index in [-0.39, 0.29) is 12.5 Å². The Bertz CT molecular complexity index is 490. The highest BCUT2D eigenvalue weighted by atomic mass is 16.3. The molecular weight excluding hydrogens is 192 g/mol. The van der Waals surface area contributed by atoms with E-state index in [1.165, 1.54) is 0 Å². The van der Waals surface area contributed by atoms with Crippen LogP contribution in [0.2, 0.25) is 0 Å². The number of hydrogen-bond donors (Lipinski definition) is 1. The van der Waals surface area contributed by atoms with Gasteiger partial charge in [0.05, 0.1) is 23.4 Å². The largest absolute Gasteiger partial charge is 0.396 e. The van der Waals surface area contributed by atoms with E-state index in [4.69, 9.17) is 5.11 Å². The molecule has 2 aromatic rings. The summed E-state index contributed by atoms with van der Waals surface area (Å²) in [6.45, 7) is 1.83. The van der Waals surface area contributed by atoms with Crippen LogP contribution in [0.25, 0.3) is 5.52 Å². The fourth-order valence-corrected chi connectivity index (χ4v) is 1.61. The van der Waals surface area contributed by atoms with Gasteiger partial charge in [0.25, 0.3) is 0 Å². The number of fused-ring (bicyclic) bond motifs is 1. The van der Waals surface area contributed by atoms with Crippen molar-refractivity contribution in [3.8, 4) is 0 Å². The van der Waals surface area contributed by atoms with Gasteiger partial charge in [-0.25, -0.2) is 4.52 Å². The van der Waals surface area contributed by atoms with Crippen LogP contribution in [0.1, 0.15) is 28.9 Å². The molecule has 0 bridgehead atoms. The number of nitrogens with zero attached hydrogens (tertiary/aromatic N) is 2. The van der Waals surface area contributed by atoms with Crippen molar-refractivity contribution in [1.82, 2.24) is 9.61 Å². The molecule has 0 aliphatic heterocycles. The van der Waals surface area contributed by atoms with E-state index in [1.807, 2.05) is 25.1 Å². The number of hydrogen-bond acceptors (Lipinski definition) is 3. The summed E-state index contributed by atoms with van der Waals surface area (Å²) in [5.74, 6) is -0.120. The number of pyridine rings is 1. The van der Waals surface area contributed by atoms with Crippen molar-refractivity contribution < 1.29 is 9.90 Å². The molecule has 2 heterocycles. The molecule has 0 saturated heterocycles. The summed E-state index contributed by atoms with van der Waals surface area (Å²) < 4.78 is 1.66. The molecular formula is C11H12N2O2. The topological polar surface area (TPSA) is 54.6 Å². The fraction of sp³-hybridized carbons (Fsp3) is 0.273. The monoisotopic (exact) mass is 204 g/mol. The zero-order chi connectivity index (χ0) is 10.8. The second-order valence-electron chi connectivity index (χ2n) is 3.53. The number of carbonyl (C=O) groups is 1. The second-order valence-corrected chi connectivity index (χ2v) is 3.53. The Hall–Kier alpha value is -1.68. The number of aliphatic hydroxyl groups is 1. The van der Waals surface area contributed by atoms with Gasteiger partial charge in [-0.05, 0) is 12.1 Å². The molecule has 78 valence electrons. The van der Waals surface area contributed by atoms with Crippen LogP contribution in [0.5, 0.6) is 0 Å². The van der Waals surface area contributed by atoms with Crippen molar-refractivity contribution in [1.29, 1.82) is 0 Å². The third kappa shape index (κ3) is 1.53. The standard InChI is InChI=1S/C11H12N2O2/c1-8(6-14)11-9(7-15)10-4-2-3-5-13(10)12-11/h2-5,7-8,14H,6H2,1H3. The summed E-state index contributed by atoms with van der Waals surface area (Å²) in [4.78, 5) is 11.0. The lowest BCUT2D eigenvalue weighted by molar-refractivity contribution is 0.112. The third-order valence-electron chi connectivity index (χ3n) is 2.47. The van der Waals surface area contributed by atoms with Gasteiger partial charge in [-0.2, -0.15) is 5.10 Å². The van der Waals surface area contributed by atoms with Crippen LogP contribution >= 0.6 is 0 Å². The van der Waals surface area contributed by atoms with E-state index in [0.29, 0.717) is 11.3 Å². The molecule has 0 aliphatic rings. The average Bonchev–Trinajstić information content (AvgIpc) is 2.66. The Kier molecular flexibility index (Phi) is 2.51. The summed E-state index contributed by atoms with van der Waals surface area (Å²) in [6.07, 6.45) is 2.58. The lowest BCUT2D eigenvalue weighted by Gasteiger charge is -2.03. The van der Waals surface area contributed by atoms with Gasteiger partial charge in [0.1, 0.15) is 0 Å². The first-order valence-electron chi connectivity index (χ1n) is 4.81. The molecule has 0 radical (unpaired) electrons. The molecule has 0 aromatic carbocycles. The zero-order valence-electron chi connectivity index (χ0n) is 8.42. The molecule has 1 N–H and O–H groups in total. The van der Waals surface area contributed by atoms with Gasteiger partial charge in [0.2, 0.25) is 0 Å². The van der Waals surface area contributed by atoms with Crippen LogP contribution in [0.15, 0.2) is 24.4 Å². The van der Waals surface area contributed by atoms with Crippen molar-refractivity contribution in [3.05, 3.63) is 35.7 Å². The van der Waals surface area contributed by atoms with Gasteiger partial charge in [-0.3, -0.25) is 4.79 Å². The minimum absolute atomic E-state index is 0.00920. The maximum atomic E-state index is 11.0. The van der Waals surface area contributed by atoms with Crippen molar-refractivity contribution in [2.24, 2.45) is 0 Å². The van der Waals surface area contributed by atoms with Crippen LogP contribution in [-0.4, -0.2) is 27.6 Å². The minimum atomic E-state index is -0.120. The van der Waals surface area contributed by atoms with Crippen molar-refractivity contribution in [3.63, 3.8) is 0 Å². The van der Waals surface area contributed by atoms with E-state index in [2.05, 4.69) is 5.10 Å². The summed E-state index contributed by atoms with van der Waals surface area (Å²) >= 11 is 0. The predicted molar refractivity (Wildman–Crippen MR) is 56.1 cm³/mol. The number of carbonyl (C=O) groups excluding carboxylic acids is 1. The molecule has 0 amide bonds. The highest BCUT2D eigenvalue weighted by Gasteiger charge is 2.16. The predicted octanol–water partition coefficient (Wildman–Crippen LogP) is 1.24. The fourth-order valence-electron chi connectivity index (χ4n) is 1.61. The van der Waals surface area contributed by atoms with E-state index < -0.39 is 0 Å². The van der Waals surface area contributed by atoms with E-state index >= 15 is 0 Å². The summed E-state index contributed by atoms with van der Waals surface area (Å²) in [5.41, 5.74) is 2.00. The first-order chi connectivity index (χ1) is 7.27. The van der Waals surface area contributed by atoms with Gasteiger partial charge in [-0.1, -0.05) is 13.0 Å². The maximum absolute atomic E-state index is 11.0. The minimum Gasteiger partial charge on any atom is -0.396 e. The average molecular weight is 204 g/mol. The van der Waals surface area contributed by atoms with Gasteiger partial charge < -0.3 is 5.11 Å².